The molecule has 1 N–H and O–H groups in total. The third-order valence-corrected chi connectivity index (χ3v) is 5.41. The van der Waals surface area contributed by atoms with E-state index in [0.29, 0.717) is 5.75 Å². The summed E-state index contributed by atoms with van der Waals surface area (Å²) in [6.07, 6.45) is 3.89. The highest BCUT2D eigenvalue weighted by Crippen LogP contribution is 2.37. The van der Waals surface area contributed by atoms with Crippen LogP contribution in [0.4, 0.5) is 0 Å². The average molecular weight is 398 g/mol. The van der Waals surface area contributed by atoms with E-state index in [2.05, 4.69) is 37.3 Å². The molecule has 1 aromatic heterocycles. The quantitative estimate of drug-likeness (QED) is 0.341. The molecular weight excluding hydrogens is 370 g/mol. The predicted molar refractivity (Wildman–Crippen MR) is 121 cm³/mol. The molecule has 1 heterocycles. The van der Waals surface area contributed by atoms with E-state index in [-0.39, 0.29) is 5.92 Å². The summed E-state index contributed by atoms with van der Waals surface area (Å²) in [7, 11) is 0. The zero-order valence-electron chi connectivity index (χ0n) is 17.3. The second kappa shape index (κ2) is 9.45. The molecule has 0 spiro atoms. The van der Waals surface area contributed by atoms with Gasteiger partial charge in [0, 0.05) is 17.0 Å². The molecule has 0 amide bonds. The first-order valence-electron chi connectivity index (χ1n) is 10.6. The number of hydrogen-bond acceptors (Lipinski definition) is 3. The summed E-state index contributed by atoms with van der Waals surface area (Å²) in [5.74, 6) is 2.18. The van der Waals surface area contributed by atoms with E-state index in [1.54, 1.807) is 6.07 Å². The number of rotatable bonds is 8. The van der Waals surface area contributed by atoms with Crippen molar-refractivity contribution in [3.8, 4) is 28.3 Å². The number of aromatic nitrogens is 1. The Hall–Kier alpha value is -3.33. The molecule has 0 bridgehead atoms. The molecule has 3 nitrogen and oxygen atoms in total. The minimum absolute atomic E-state index is 0.234. The Morgan fingerprint density at radius 2 is 1.53 bits per heavy atom. The van der Waals surface area contributed by atoms with Gasteiger partial charge in [-0.15, -0.1) is 0 Å². The van der Waals surface area contributed by atoms with Gasteiger partial charge in [0.15, 0.2) is 11.7 Å². The lowest BCUT2D eigenvalue weighted by molar-refractivity contribution is 0.419. The summed E-state index contributed by atoms with van der Waals surface area (Å²) in [5.41, 5.74) is 4.14. The van der Waals surface area contributed by atoms with E-state index >= 15 is 0 Å². The molecule has 0 saturated carbocycles. The summed E-state index contributed by atoms with van der Waals surface area (Å²) >= 11 is 0. The number of benzene rings is 3. The number of phenols is 1. The van der Waals surface area contributed by atoms with Crippen molar-refractivity contribution in [2.45, 2.75) is 38.5 Å². The molecule has 1 atom stereocenters. The predicted octanol–water partition coefficient (Wildman–Crippen LogP) is 7.23. The van der Waals surface area contributed by atoms with Gasteiger partial charge in [-0.25, -0.2) is 4.98 Å². The van der Waals surface area contributed by atoms with Crippen LogP contribution in [0.3, 0.4) is 0 Å². The Morgan fingerprint density at radius 1 is 0.833 bits per heavy atom. The van der Waals surface area contributed by atoms with Gasteiger partial charge in [-0.2, -0.15) is 0 Å². The van der Waals surface area contributed by atoms with Gasteiger partial charge in [-0.3, -0.25) is 0 Å². The highest BCUT2D eigenvalue weighted by molar-refractivity contribution is 5.76. The highest BCUT2D eigenvalue weighted by Gasteiger charge is 2.22. The van der Waals surface area contributed by atoms with Crippen molar-refractivity contribution in [2.75, 3.05) is 0 Å². The van der Waals surface area contributed by atoms with Gasteiger partial charge in [0.1, 0.15) is 11.4 Å². The lowest BCUT2D eigenvalue weighted by Crippen LogP contribution is -2.01. The van der Waals surface area contributed by atoms with E-state index in [0.717, 1.165) is 59.7 Å². The second-order valence-corrected chi connectivity index (χ2v) is 7.66. The summed E-state index contributed by atoms with van der Waals surface area (Å²) in [6, 6.07) is 27.9. The molecule has 152 valence electrons. The Labute approximate surface area is 178 Å². The SMILES string of the molecule is CCCC(CCc1cccc(O)c1)c1nc(-c2ccccc2)c(-c2ccccc2)o1. The van der Waals surface area contributed by atoms with Crippen molar-refractivity contribution in [2.24, 2.45) is 0 Å². The maximum atomic E-state index is 9.76. The van der Waals surface area contributed by atoms with Crippen LogP contribution in [-0.2, 0) is 6.42 Å². The molecule has 0 fully saturated rings. The Balaban J connectivity index is 1.68. The van der Waals surface area contributed by atoms with Crippen molar-refractivity contribution < 1.29 is 9.52 Å². The van der Waals surface area contributed by atoms with Crippen LogP contribution in [0, 0.1) is 0 Å². The third-order valence-electron chi connectivity index (χ3n) is 5.41. The number of aromatic hydroxyl groups is 1. The third kappa shape index (κ3) is 4.62. The molecule has 0 aliphatic rings. The first-order chi connectivity index (χ1) is 14.7. The average Bonchev–Trinajstić information content (AvgIpc) is 3.23. The number of hydrogen-bond donors (Lipinski definition) is 1. The van der Waals surface area contributed by atoms with Gasteiger partial charge in [-0.05, 0) is 37.0 Å². The minimum atomic E-state index is 0.234. The van der Waals surface area contributed by atoms with Crippen molar-refractivity contribution in [1.29, 1.82) is 0 Å². The van der Waals surface area contributed by atoms with Crippen molar-refractivity contribution in [3.63, 3.8) is 0 Å². The van der Waals surface area contributed by atoms with Gasteiger partial charge in [0.05, 0.1) is 0 Å². The van der Waals surface area contributed by atoms with Crippen LogP contribution < -0.4 is 0 Å². The number of aryl methyl sites for hydroxylation is 1. The minimum Gasteiger partial charge on any atom is -0.508 e. The molecule has 0 saturated heterocycles. The van der Waals surface area contributed by atoms with Gasteiger partial charge < -0.3 is 9.52 Å². The Kier molecular flexibility index (Phi) is 6.29. The Morgan fingerprint density at radius 3 is 2.20 bits per heavy atom. The smallest absolute Gasteiger partial charge is 0.198 e. The molecule has 30 heavy (non-hydrogen) atoms. The summed E-state index contributed by atoms with van der Waals surface area (Å²) < 4.78 is 6.42. The van der Waals surface area contributed by atoms with Crippen LogP contribution in [0.25, 0.3) is 22.6 Å². The molecule has 3 aromatic carbocycles. The second-order valence-electron chi connectivity index (χ2n) is 7.66. The van der Waals surface area contributed by atoms with Crippen LogP contribution in [0.1, 0.15) is 43.6 Å². The van der Waals surface area contributed by atoms with E-state index < -0.39 is 0 Å². The molecular formula is C27H27NO2. The van der Waals surface area contributed by atoms with E-state index in [9.17, 15) is 5.11 Å². The fourth-order valence-electron chi connectivity index (χ4n) is 3.88. The maximum Gasteiger partial charge on any atom is 0.198 e. The summed E-state index contributed by atoms with van der Waals surface area (Å²) in [6.45, 7) is 2.19. The van der Waals surface area contributed by atoms with Gasteiger partial charge in [-0.1, -0.05) is 86.1 Å². The van der Waals surface area contributed by atoms with Crippen LogP contribution in [0.15, 0.2) is 89.3 Å². The first-order valence-corrected chi connectivity index (χ1v) is 10.6. The standard InChI is InChI=1S/C27H27NO2/c1-2-10-23(18-17-20-11-9-16-24(29)19-20)27-28-25(21-12-5-3-6-13-21)26(30-27)22-14-7-4-8-15-22/h3-9,11-16,19,23,29H,2,10,17-18H2,1H3. The van der Waals surface area contributed by atoms with Crippen molar-refractivity contribution in [3.05, 3.63) is 96.4 Å². The van der Waals surface area contributed by atoms with E-state index in [4.69, 9.17) is 9.40 Å². The molecule has 3 heteroatoms. The zero-order valence-corrected chi connectivity index (χ0v) is 17.3. The zero-order chi connectivity index (χ0) is 20.8. The summed E-state index contributed by atoms with van der Waals surface area (Å²) in [4.78, 5) is 4.99. The number of oxazole rings is 1. The van der Waals surface area contributed by atoms with Gasteiger partial charge >= 0.3 is 0 Å². The van der Waals surface area contributed by atoms with Crippen molar-refractivity contribution >= 4 is 0 Å². The fourth-order valence-corrected chi connectivity index (χ4v) is 3.88. The lowest BCUT2D eigenvalue weighted by atomic mass is 9.95. The van der Waals surface area contributed by atoms with Crippen molar-refractivity contribution in [1.82, 2.24) is 4.98 Å². The first kappa shape index (κ1) is 20.0. The number of phenolic OH excluding ortho intramolecular Hbond substituents is 1. The van der Waals surface area contributed by atoms with E-state index in [1.165, 1.54) is 0 Å². The molecule has 0 aliphatic carbocycles. The van der Waals surface area contributed by atoms with Crippen LogP contribution >= 0.6 is 0 Å². The van der Waals surface area contributed by atoms with Crippen LogP contribution in [0.2, 0.25) is 0 Å². The lowest BCUT2D eigenvalue weighted by Gasteiger charge is -2.12. The fraction of sp³-hybridized carbons (Fsp3) is 0.222. The molecule has 0 radical (unpaired) electrons. The topological polar surface area (TPSA) is 46.3 Å². The molecule has 1 unspecified atom stereocenters. The van der Waals surface area contributed by atoms with Gasteiger partial charge in [0.2, 0.25) is 0 Å². The van der Waals surface area contributed by atoms with Crippen LogP contribution in [0.5, 0.6) is 5.75 Å². The maximum absolute atomic E-state index is 9.76. The van der Waals surface area contributed by atoms with Gasteiger partial charge in [0.25, 0.3) is 0 Å². The normalized spacial score (nSPS) is 12.0. The molecule has 0 aliphatic heterocycles. The Bertz CT molecular complexity index is 1010. The van der Waals surface area contributed by atoms with Crippen LogP contribution in [-0.4, -0.2) is 10.1 Å². The van der Waals surface area contributed by atoms with E-state index in [1.807, 2.05) is 48.5 Å². The molecule has 4 rings (SSSR count). The largest absolute Gasteiger partial charge is 0.508 e. The monoisotopic (exact) mass is 397 g/mol. The highest BCUT2D eigenvalue weighted by atomic mass is 16.4. The summed E-state index contributed by atoms with van der Waals surface area (Å²) in [5, 5.41) is 9.76. The molecule has 4 aromatic rings. The number of nitrogens with zero attached hydrogens (tertiary/aromatic N) is 1.